The van der Waals surface area contributed by atoms with Crippen LogP contribution in [0.4, 0.5) is 0 Å². The van der Waals surface area contributed by atoms with Gasteiger partial charge in [-0.25, -0.2) is 8.42 Å². The van der Waals surface area contributed by atoms with Gasteiger partial charge in [0, 0.05) is 18.7 Å². The molecule has 0 amide bonds. The Morgan fingerprint density at radius 1 is 1.25 bits per heavy atom. The predicted molar refractivity (Wildman–Crippen MR) is 79.6 cm³/mol. The van der Waals surface area contributed by atoms with Gasteiger partial charge in [-0.3, -0.25) is 0 Å². The molecule has 3 rings (SSSR count). The number of rotatable bonds is 4. The molecule has 1 unspecified atom stereocenters. The van der Waals surface area contributed by atoms with Crippen LogP contribution >= 0.6 is 11.8 Å². The van der Waals surface area contributed by atoms with Gasteiger partial charge in [0.2, 0.25) is 0 Å². The van der Waals surface area contributed by atoms with E-state index in [1.165, 1.54) is 25.7 Å². The minimum atomic E-state index is -2.80. The molecule has 20 heavy (non-hydrogen) atoms. The van der Waals surface area contributed by atoms with E-state index in [9.17, 15) is 8.42 Å². The zero-order valence-corrected chi connectivity index (χ0v) is 13.4. The molecule has 5 nitrogen and oxygen atoms in total. The molecular formula is C13H21N3O2S2. The standard InChI is InChI=1S/C13H21N3O2S2/c1-16-12(8-10-6-7-20(17,18)9-10)14-15-13(16)19-11-4-2-3-5-11/h10-11H,2-9H2,1H3. The Labute approximate surface area is 124 Å². The fourth-order valence-electron chi connectivity index (χ4n) is 3.07. The fourth-order valence-corrected chi connectivity index (χ4v) is 6.15. The molecule has 0 bridgehead atoms. The number of aromatic nitrogens is 3. The van der Waals surface area contributed by atoms with Gasteiger partial charge in [-0.2, -0.15) is 0 Å². The zero-order valence-electron chi connectivity index (χ0n) is 11.8. The van der Waals surface area contributed by atoms with Gasteiger partial charge >= 0.3 is 0 Å². The highest BCUT2D eigenvalue weighted by atomic mass is 32.2. The van der Waals surface area contributed by atoms with E-state index in [0.717, 1.165) is 23.8 Å². The van der Waals surface area contributed by atoms with Crippen LogP contribution in [0.5, 0.6) is 0 Å². The molecular weight excluding hydrogens is 294 g/mol. The summed E-state index contributed by atoms with van der Waals surface area (Å²) in [4.78, 5) is 0. The van der Waals surface area contributed by atoms with Crippen LogP contribution in [0.25, 0.3) is 0 Å². The van der Waals surface area contributed by atoms with Gasteiger partial charge < -0.3 is 4.57 Å². The number of hydrogen-bond donors (Lipinski definition) is 0. The first-order valence-electron chi connectivity index (χ1n) is 7.29. The first kappa shape index (κ1) is 14.4. The van der Waals surface area contributed by atoms with Crippen molar-refractivity contribution in [3.05, 3.63) is 5.82 Å². The normalized spacial score (nSPS) is 26.4. The smallest absolute Gasteiger partial charge is 0.191 e. The summed E-state index contributed by atoms with van der Waals surface area (Å²) in [6.07, 6.45) is 6.68. The molecule has 2 fully saturated rings. The Morgan fingerprint density at radius 2 is 2.00 bits per heavy atom. The summed E-state index contributed by atoms with van der Waals surface area (Å²) in [5.41, 5.74) is 0. The Bertz CT molecular complexity index is 576. The van der Waals surface area contributed by atoms with Crippen LogP contribution in [0.3, 0.4) is 0 Å². The van der Waals surface area contributed by atoms with Crippen molar-refractivity contribution in [2.24, 2.45) is 13.0 Å². The van der Waals surface area contributed by atoms with Crippen LogP contribution in [0.15, 0.2) is 5.16 Å². The minimum absolute atomic E-state index is 0.215. The molecule has 1 saturated carbocycles. The molecule has 0 spiro atoms. The quantitative estimate of drug-likeness (QED) is 0.848. The maximum Gasteiger partial charge on any atom is 0.191 e. The second kappa shape index (κ2) is 5.67. The molecule has 0 N–H and O–H groups in total. The molecule has 0 aromatic carbocycles. The van der Waals surface area contributed by atoms with Gasteiger partial charge in [0.1, 0.15) is 5.82 Å². The average Bonchev–Trinajstić information content (AvgIpc) is 3.08. The summed E-state index contributed by atoms with van der Waals surface area (Å²) in [5.74, 6) is 1.78. The van der Waals surface area contributed by atoms with Gasteiger partial charge in [0.05, 0.1) is 11.5 Å². The van der Waals surface area contributed by atoms with E-state index in [1.807, 2.05) is 23.4 Å². The van der Waals surface area contributed by atoms with Crippen molar-refractivity contribution >= 4 is 21.6 Å². The number of nitrogens with zero attached hydrogens (tertiary/aromatic N) is 3. The van der Waals surface area contributed by atoms with E-state index >= 15 is 0 Å². The maximum absolute atomic E-state index is 11.5. The van der Waals surface area contributed by atoms with Crippen LogP contribution in [0, 0.1) is 5.92 Å². The fraction of sp³-hybridized carbons (Fsp3) is 0.846. The van der Waals surface area contributed by atoms with Crippen LogP contribution in [0.2, 0.25) is 0 Å². The van der Waals surface area contributed by atoms with Crippen LogP contribution in [0.1, 0.15) is 37.9 Å². The summed E-state index contributed by atoms with van der Waals surface area (Å²) in [7, 11) is -0.807. The highest BCUT2D eigenvalue weighted by Crippen LogP contribution is 2.34. The largest absolute Gasteiger partial charge is 0.309 e. The molecule has 0 radical (unpaired) electrons. The lowest BCUT2D eigenvalue weighted by Gasteiger charge is -2.09. The Balaban J connectivity index is 1.64. The highest BCUT2D eigenvalue weighted by molar-refractivity contribution is 7.99. The topological polar surface area (TPSA) is 64.8 Å². The Kier molecular flexibility index (Phi) is 4.08. The number of sulfone groups is 1. The van der Waals surface area contributed by atoms with E-state index < -0.39 is 9.84 Å². The molecule has 2 heterocycles. The predicted octanol–water partition coefficient (Wildman–Crippen LogP) is 1.83. The molecule has 7 heteroatoms. The Morgan fingerprint density at radius 3 is 2.65 bits per heavy atom. The molecule has 1 atom stereocenters. The van der Waals surface area contributed by atoms with Gasteiger partial charge in [-0.15, -0.1) is 10.2 Å². The molecule has 1 aromatic heterocycles. The monoisotopic (exact) mass is 315 g/mol. The lowest BCUT2D eigenvalue weighted by atomic mass is 10.1. The molecule has 112 valence electrons. The first-order valence-corrected chi connectivity index (χ1v) is 9.99. The molecule has 1 aliphatic heterocycles. The first-order chi connectivity index (χ1) is 9.53. The second-order valence-corrected chi connectivity index (χ2v) is 9.45. The average molecular weight is 315 g/mol. The van der Waals surface area contributed by atoms with Crippen molar-refractivity contribution in [2.45, 2.75) is 48.9 Å². The summed E-state index contributed by atoms with van der Waals surface area (Å²) < 4.78 is 25.1. The molecule has 1 aliphatic carbocycles. The molecule has 1 saturated heterocycles. The summed E-state index contributed by atoms with van der Waals surface area (Å²) in [6, 6.07) is 0. The van der Waals surface area contributed by atoms with E-state index in [0.29, 0.717) is 16.8 Å². The summed E-state index contributed by atoms with van der Waals surface area (Å²) >= 11 is 1.83. The van der Waals surface area contributed by atoms with Crippen molar-refractivity contribution in [1.29, 1.82) is 0 Å². The third-order valence-corrected chi connectivity index (χ3v) is 7.51. The van der Waals surface area contributed by atoms with Gasteiger partial charge in [0.25, 0.3) is 0 Å². The van der Waals surface area contributed by atoms with Crippen molar-refractivity contribution < 1.29 is 8.42 Å². The number of thioether (sulfide) groups is 1. The molecule has 1 aromatic rings. The van der Waals surface area contributed by atoms with E-state index in [2.05, 4.69) is 10.2 Å². The van der Waals surface area contributed by atoms with E-state index in [1.54, 1.807) is 0 Å². The van der Waals surface area contributed by atoms with Crippen molar-refractivity contribution in [2.75, 3.05) is 11.5 Å². The van der Waals surface area contributed by atoms with E-state index in [-0.39, 0.29) is 5.92 Å². The number of hydrogen-bond acceptors (Lipinski definition) is 5. The Hall–Kier alpha value is -0.560. The lowest BCUT2D eigenvalue weighted by molar-refractivity contribution is 0.552. The molecule has 2 aliphatic rings. The van der Waals surface area contributed by atoms with Gasteiger partial charge in [-0.1, -0.05) is 24.6 Å². The third-order valence-electron chi connectivity index (χ3n) is 4.30. The van der Waals surface area contributed by atoms with Crippen molar-refractivity contribution in [3.63, 3.8) is 0 Å². The van der Waals surface area contributed by atoms with Crippen LogP contribution in [-0.2, 0) is 23.3 Å². The minimum Gasteiger partial charge on any atom is -0.309 e. The zero-order chi connectivity index (χ0) is 14.2. The van der Waals surface area contributed by atoms with Gasteiger partial charge in [-0.05, 0) is 25.2 Å². The second-order valence-electron chi connectivity index (χ2n) is 5.96. The van der Waals surface area contributed by atoms with Crippen molar-refractivity contribution in [3.8, 4) is 0 Å². The summed E-state index contributed by atoms with van der Waals surface area (Å²) in [6.45, 7) is 0. The maximum atomic E-state index is 11.5. The highest BCUT2D eigenvalue weighted by Gasteiger charge is 2.29. The van der Waals surface area contributed by atoms with Crippen molar-refractivity contribution in [1.82, 2.24) is 14.8 Å². The van der Waals surface area contributed by atoms with Crippen LogP contribution in [-0.4, -0.2) is 39.9 Å². The lowest BCUT2D eigenvalue weighted by Crippen LogP contribution is -2.11. The SMILES string of the molecule is Cn1c(CC2CCS(=O)(=O)C2)nnc1SC1CCCC1. The van der Waals surface area contributed by atoms with Crippen LogP contribution < -0.4 is 0 Å². The van der Waals surface area contributed by atoms with E-state index in [4.69, 9.17) is 0 Å². The van der Waals surface area contributed by atoms with Gasteiger partial charge in [0.15, 0.2) is 15.0 Å². The third kappa shape index (κ3) is 3.19. The summed E-state index contributed by atoms with van der Waals surface area (Å²) in [5, 5.41) is 10.2.